The molecule has 2 aromatic rings. The van der Waals surface area contributed by atoms with Crippen molar-refractivity contribution in [1.82, 2.24) is 25.3 Å². The minimum Gasteiger partial charge on any atom is -0.356 e. The van der Waals surface area contributed by atoms with Gasteiger partial charge in [0.15, 0.2) is 5.96 Å². The molecule has 0 bridgehead atoms. The molecule has 1 aromatic heterocycles. The summed E-state index contributed by atoms with van der Waals surface area (Å²) in [5.41, 5.74) is 3.10. The average Bonchev–Trinajstić information content (AvgIpc) is 3.41. The van der Waals surface area contributed by atoms with E-state index in [-0.39, 0.29) is 35.3 Å². The number of halogens is 1. The maximum absolute atomic E-state index is 12.7. The molecule has 176 valence electrons. The standard InChI is InChI=1S/C24H36N6O.HI/c1-19-20(17-30(28-19)21-12-6-5-7-13-21)11-10-16-26-23(25-2)27-18-24(14-8-9-15-24)22(31)29(3)4;/h5-7,12-13,17H,8-11,14-16,18H2,1-4H3,(H2,25,26,27);1H. The Bertz CT molecular complexity index is 887. The molecule has 1 saturated carbocycles. The Hall–Kier alpha value is -2.10. The predicted octanol–water partition coefficient (Wildman–Crippen LogP) is 3.54. The molecule has 32 heavy (non-hydrogen) atoms. The number of aryl methyl sites for hydroxylation is 2. The number of aliphatic imine (C=N–C) groups is 1. The van der Waals surface area contributed by atoms with Crippen LogP contribution in [0.3, 0.4) is 0 Å². The fourth-order valence-corrected chi connectivity index (χ4v) is 4.41. The highest BCUT2D eigenvalue weighted by Crippen LogP contribution is 2.38. The summed E-state index contributed by atoms with van der Waals surface area (Å²) in [7, 11) is 5.47. The summed E-state index contributed by atoms with van der Waals surface area (Å²) in [5, 5.41) is 11.4. The van der Waals surface area contributed by atoms with Crippen molar-refractivity contribution in [2.75, 3.05) is 34.2 Å². The first-order chi connectivity index (χ1) is 14.9. The molecule has 3 rings (SSSR count). The van der Waals surface area contributed by atoms with Crippen molar-refractivity contribution in [2.45, 2.75) is 45.4 Å². The first-order valence-corrected chi connectivity index (χ1v) is 11.2. The van der Waals surface area contributed by atoms with E-state index in [1.165, 1.54) is 5.56 Å². The summed E-state index contributed by atoms with van der Waals surface area (Å²) in [6, 6.07) is 10.2. The predicted molar refractivity (Wildman–Crippen MR) is 141 cm³/mol. The third-order valence-electron chi connectivity index (χ3n) is 6.17. The maximum Gasteiger partial charge on any atom is 0.230 e. The Morgan fingerprint density at radius 3 is 2.50 bits per heavy atom. The number of amides is 1. The fourth-order valence-electron chi connectivity index (χ4n) is 4.41. The second kappa shape index (κ2) is 12.2. The van der Waals surface area contributed by atoms with E-state index in [4.69, 9.17) is 0 Å². The molecule has 2 N–H and O–H groups in total. The van der Waals surface area contributed by atoms with Crippen LogP contribution in [0.2, 0.25) is 0 Å². The molecular formula is C24H37IN6O. The van der Waals surface area contributed by atoms with Gasteiger partial charge >= 0.3 is 0 Å². The van der Waals surface area contributed by atoms with E-state index in [0.717, 1.165) is 62.4 Å². The van der Waals surface area contributed by atoms with E-state index in [1.807, 2.05) is 37.0 Å². The molecular weight excluding hydrogens is 515 g/mol. The Balaban J connectivity index is 0.00000363. The van der Waals surface area contributed by atoms with Crippen LogP contribution in [0, 0.1) is 12.3 Å². The number of aromatic nitrogens is 2. The molecule has 1 aromatic carbocycles. The van der Waals surface area contributed by atoms with Gasteiger partial charge in [0.1, 0.15) is 0 Å². The monoisotopic (exact) mass is 552 g/mol. The van der Waals surface area contributed by atoms with E-state index in [1.54, 1.807) is 11.9 Å². The molecule has 0 radical (unpaired) electrons. The van der Waals surface area contributed by atoms with E-state index < -0.39 is 0 Å². The number of carbonyl (C=O) groups excluding carboxylic acids is 1. The van der Waals surface area contributed by atoms with Gasteiger partial charge in [-0.05, 0) is 50.3 Å². The zero-order chi connectivity index (χ0) is 22.3. The highest BCUT2D eigenvalue weighted by atomic mass is 127. The summed E-state index contributed by atoms with van der Waals surface area (Å²) in [5.74, 6) is 0.980. The molecule has 0 unspecified atom stereocenters. The minimum absolute atomic E-state index is 0. The van der Waals surface area contributed by atoms with Crippen molar-refractivity contribution in [3.05, 3.63) is 47.8 Å². The van der Waals surface area contributed by atoms with Gasteiger partial charge < -0.3 is 15.5 Å². The largest absolute Gasteiger partial charge is 0.356 e. The Morgan fingerprint density at radius 1 is 1.19 bits per heavy atom. The molecule has 0 saturated heterocycles. The molecule has 1 aliphatic rings. The lowest BCUT2D eigenvalue weighted by Crippen LogP contribution is -2.49. The van der Waals surface area contributed by atoms with Gasteiger partial charge in [0.25, 0.3) is 0 Å². The van der Waals surface area contributed by atoms with Crippen LogP contribution < -0.4 is 10.6 Å². The van der Waals surface area contributed by atoms with Crippen LogP contribution >= 0.6 is 24.0 Å². The molecule has 0 atom stereocenters. The Labute approximate surface area is 209 Å². The van der Waals surface area contributed by atoms with Gasteiger partial charge in [0.05, 0.1) is 16.8 Å². The summed E-state index contributed by atoms with van der Waals surface area (Å²) in [4.78, 5) is 18.8. The van der Waals surface area contributed by atoms with E-state index >= 15 is 0 Å². The van der Waals surface area contributed by atoms with Crippen LogP contribution in [0.5, 0.6) is 0 Å². The molecule has 8 heteroatoms. The number of hydrogen-bond donors (Lipinski definition) is 2. The maximum atomic E-state index is 12.7. The molecule has 1 amide bonds. The van der Waals surface area contributed by atoms with Crippen molar-refractivity contribution in [2.24, 2.45) is 10.4 Å². The minimum atomic E-state index is -0.301. The van der Waals surface area contributed by atoms with Crippen LogP contribution in [-0.4, -0.2) is 60.8 Å². The quantitative estimate of drug-likeness (QED) is 0.228. The topological polar surface area (TPSA) is 74.5 Å². The van der Waals surface area contributed by atoms with Crippen LogP contribution in [0.25, 0.3) is 5.69 Å². The van der Waals surface area contributed by atoms with Crippen LogP contribution in [0.15, 0.2) is 41.5 Å². The van der Waals surface area contributed by atoms with Gasteiger partial charge in [-0.1, -0.05) is 31.0 Å². The van der Waals surface area contributed by atoms with E-state index in [0.29, 0.717) is 6.54 Å². The zero-order valence-electron chi connectivity index (χ0n) is 19.7. The molecule has 0 spiro atoms. The van der Waals surface area contributed by atoms with E-state index in [9.17, 15) is 4.79 Å². The SMILES string of the molecule is CN=C(NCCCc1cn(-c2ccccc2)nc1C)NCC1(C(=O)N(C)C)CCCC1.I. The third kappa shape index (κ3) is 6.46. The molecule has 0 aliphatic heterocycles. The van der Waals surface area contributed by atoms with Gasteiger partial charge in [-0.25, -0.2) is 4.68 Å². The lowest BCUT2D eigenvalue weighted by Gasteiger charge is -2.31. The Kier molecular flexibility index (Phi) is 9.99. The number of rotatable bonds is 8. The highest BCUT2D eigenvalue weighted by Gasteiger charge is 2.42. The number of para-hydroxylation sites is 1. The number of benzene rings is 1. The second-order valence-corrected chi connectivity index (χ2v) is 8.66. The number of guanidine groups is 1. The van der Waals surface area contributed by atoms with Crippen LogP contribution in [-0.2, 0) is 11.2 Å². The summed E-state index contributed by atoms with van der Waals surface area (Å²) in [6.45, 7) is 3.50. The summed E-state index contributed by atoms with van der Waals surface area (Å²) >= 11 is 0. The third-order valence-corrected chi connectivity index (χ3v) is 6.17. The first kappa shape index (κ1) is 26.2. The van der Waals surface area contributed by atoms with Gasteiger partial charge in [-0.3, -0.25) is 9.79 Å². The normalized spacial score (nSPS) is 15.2. The number of carbonyl (C=O) groups is 1. The summed E-state index contributed by atoms with van der Waals surface area (Å²) in [6.07, 6.45) is 8.16. The van der Waals surface area contributed by atoms with Crippen molar-refractivity contribution in [3.8, 4) is 5.69 Å². The van der Waals surface area contributed by atoms with Gasteiger partial charge in [0.2, 0.25) is 5.91 Å². The first-order valence-electron chi connectivity index (χ1n) is 11.2. The van der Waals surface area contributed by atoms with Gasteiger partial charge in [0, 0.05) is 40.4 Å². The van der Waals surface area contributed by atoms with Crippen LogP contribution in [0.1, 0.15) is 43.4 Å². The van der Waals surface area contributed by atoms with Crippen molar-refractivity contribution in [1.29, 1.82) is 0 Å². The average molecular weight is 553 g/mol. The molecule has 1 heterocycles. The van der Waals surface area contributed by atoms with Gasteiger partial charge in [-0.15, -0.1) is 24.0 Å². The molecule has 1 aliphatic carbocycles. The van der Waals surface area contributed by atoms with Crippen molar-refractivity contribution < 1.29 is 4.79 Å². The molecule has 7 nitrogen and oxygen atoms in total. The lowest BCUT2D eigenvalue weighted by atomic mass is 9.84. The smallest absolute Gasteiger partial charge is 0.230 e. The number of nitrogens with zero attached hydrogens (tertiary/aromatic N) is 4. The van der Waals surface area contributed by atoms with Crippen molar-refractivity contribution in [3.63, 3.8) is 0 Å². The number of nitrogens with one attached hydrogen (secondary N) is 2. The van der Waals surface area contributed by atoms with Crippen LogP contribution in [0.4, 0.5) is 0 Å². The Morgan fingerprint density at radius 2 is 1.88 bits per heavy atom. The van der Waals surface area contributed by atoms with Crippen molar-refractivity contribution >= 4 is 35.8 Å². The zero-order valence-corrected chi connectivity index (χ0v) is 22.1. The fraction of sp³-hybridized carbons (Fsp3) is 0.542. The highest BCUT2D eigenvalue weighted by molar-refractivity contribution is 14.0. The summed E-state index contributed by atoms with van der Waals surface area (Å²) < 4.78 is 1.95. The second-order valence-electron chi connectivity index (χ2n) is 8.66. The van der Waals surface area contributed by atoms with Gasteiger partial charge in [-0.2, -0.15) is 5.10 Å². The van der Waals surface area contributed by atoms with E-state index in [2.05, 4.69) is 46.0 Å². The lowest BCUT2D eigenvalue weighted by molar-refractivity contribution is -0.138. The molecule has 1 fully saturated rings. The number of hydrogen-bond acceptors (Lipinski definition) is 3.